The number of nitrogens with one attached hydrogen (secondary N) is 1. The lowest BCUT2D eigenvalue weighted by Gasteiger charge is -2.02. The fourth-order valence-corrected chi connectivity index (χ4v) is 1.86. The number of aromatic nitrogens is 1. The molecule has 1 aromatic heterocycles. The van der Waals surface area contributed by atoms with Gasteiger partial charge in [-0.15, -0.1) is 0 Å². The quantitative estimate of drug-likeness (QED) is 0.818. The molecule has 0 amide bonds. The molecule has 104 valence electrons. The molecule has 20 heavy (non-hydrogen) atoms. The highest BCUT2D eigenvalue weighted by molar-refractivity contribution is 5.62. The Kier molecular flexibility index (Phi) is 4.75. The minimum absolute atomic E-state index is 0.278. The maximum atomic E-state index is 9.11. The van der Waals surface area contributed by atoms with E-state index in [9.17, 15) is 0 Å². The van der Waals surface area contributed by atoms with E-state index in [0.717, 1.165) is 17.5 Å². The lowest BCUT2D eigenvalue weighted by Crippen LogP contribution is -2.04. The monoisotopic (exact) mass is 271 g/mol. The molecule has 0 aliphatic rings. The summed E-state index contributed by atoms with van der Waals surface area (Å²) < 4.78 is 10.6. The summed E-state index contributed by atoms with van der Waals surface area (Å²) in [4.78, 5) is 4.24. The summed E-state index contributed by atoms with van der Waals surface area (Å²) in [5.74, 6) is 0.885. The molecule has 1 aromatic carbocycles. The zero-order chi connectivity index (χ0) is 14.4. The van der Waals surface area contributed by atoms with Crippen LogP contribution in [0.15, 0.2) is 28.7 Å². The number of anilines is 1. The molecule has 0 radical (unpaired) electrons. The van der Waals surface area contributed by atoms with Crippen LogP contribution in [0.3, 0.4) is 0 Å². The molecule has 0 fully saturated rings. The van der Waals surface area contributed by atoms with Gasteiger partial charge in [-0.1, -0.05) is 18.2 Å². The molecule has 1 heterocycles. The van der Waals surface area contributed by atoms with Crippen LogP contribution in [-0.4, -0.2) is 25.2 Å². The maximum absolute atomic E-state index is 9.11. The fourth-order valence-electron chi connectivity index (χ4n) is 1.86. The predicted octanol–water partition coefficient (Wildman–Crippen LogP) is 2.97. The molecule has 2 aromatic rings. The lowest BCUT2D eigenvalue weighted by atomic mass is 10.1. The van der Waals surface area contributed by atoms with Crippen molar-refractivity contribution >= 4 is 5.88 Å². The van der Waals surface area contributed by atoms with Crippen LogP contribution in [0.4, 0.5) is 5.88 Å². The number of rotatable bonds is 6. The summed E-state index contributed by atoms with van der Waals surface area (Å²) in [7, 11) is 1.66. The minimum Gasteiger partial charge on any atom is -0.419 e. The Morgan fingerprint density at radius 3 is 2.90 bits per heavy atom. The first-order valence-electron chi connectivity index (χ1n) is 6.46. The molecule has 0 atom stereocenters. The average Bonchev–Trinajstić information content (AvgIpc) is 2.87. The maximum Gasteiger partial charge on any atom is 0.232 e. The van der Waals surface area contributed by atoms with Crippen LogP contribution in [0.2, 0.25) is 0 Å². The summed E-state index contributed by atoms with van der Waals surface area (Å²) in [5.41, 5.74) is 2.23. The van der Waals surface area contributed by atoms with E-state index in [4.69, 9.17) is 14.4 Å². The Hall–Kier alpha value is -2.32. The van der Waals surface area contributed by atoms with E-state index in [1.54, 1.807) is 7.11 Å². The van der Waals surface area contributed by atoms with Gasteiger partial charge in [0, 0.05) is 25.8 Å². The van der Waals surface area contributed by atoms with Crippen molar-refractivity contribution in [3.63, 3.8) is 0 Å². The van der Waals surface area contributed by atoms with Crippen LogP contribution < -0.4 is 5.32 Å². The van der Waals surface area contributed by atoms with Crippen LogP contribution in [0.1, 0.15) is 17.7 Å². The third-order valence-corrected chi connectivity index (χ3v) is 2.92. The number of hydrogen-bond donors (Lipinski definition) is 1. The van der Waals surface area contributed by atoms with Gasteiger partial charge in [0.25, 0.3) is 0 Å². The van der Waals surface area contributed by atoms with Crippen LogP contribution >= 0.6 is 0 Å². The number of aryl methyl sites for hydroxylation is 1. The van der Waals surface area contributed by atoms with Crippen LogP contribution in [-0.2, 0) is 4.74 Å². The van der Waals surface area contributed by atoms with Gasteiger partial charge in [0.15, 0.2) is 0 Å². The third kappa shape index (κ3) is 3.16. The Morgan fingerprint density at radius 2 is 2.20 bits per heavy atom. The summed E-state index contributed by atoms with van der Waals surface area (Å²) in [5, 5.41) is 12.2. The second kappa shape index (κ2) is 6.73. The van der Waals surface area contributed by atoms with Gasteiger partial charge in [0.1, 0.15) is 6.07 Å². The topological polar surface area (TPSA) is 71.1 Å². The van der Waals surface area contributed by atoms with Gasteiger partial charge in [-0.25, -0.2) is 0 Å². The van der Waals surface area contributed by atoms with Crippen molar-refractivity contribution in [1.82, 2.24) is 4.98 Å². The van der Waals surface area contributed by atoms with Crippen molar-refractivity contribution in [2.45, 2.75) is 13.3 Å². The number of oxazole rings is 1. The van der Waals surface area contributed by atoms with Gasteiger partial charge in [0.2, 0.25) is 17.5 Å². The Morgan fingerprint density at radius 1 is 1.40 bits per heavy atom. The van der Waals surface area contributed by atoms with Gasteiger partial charge >= 0.3 is 0 Å². The molecule has 0 spiro atoms. The number of benzene rings is 1. The largest absolute Gasteiger partial charge is 0.419 e. The second-order valence-electron chi connectivity index (χ2n) is 4.40. The third-order valence-electron chi connectivity index (χ3n) is 2.92. The zero-order valence-corrected chi connectivity index (χ0v) is 11.6. The number of hydrogen-bond acceptors (Lipinski definition) is 5. The number of nitriles is 1. The summed E-state index contributed by atoms with van der Waals surface area (Å²) in [6, 6.07) is 9.83. The van der Waals surface area contributed by atoms with Crippen LogP contribution in [0.25, 0.3) is 11.5 Å². The Bertz CT molecular complexity index is 614. The van der Waals surface area contributed by atoms with Gasteiger partial charge < -0.3 is 14.5 Å². The molecule has 5 heteroatoms. The number of methoxy groups -OCH3 is 1. The van der Waals surface area contributed by atoms with Crippen LogP contribution in [0.5, 0.6) is 0 Å². The van der Waals surface area contributed by atoms with E-state index in [1.165, 1.54) is 0 Å². The Labute approximate surface area is 118 Å². The van der Waals surface area contributed by atoms with Crippen molar-refractivity contribution in [2.75, 3.05) is 25.6 Å². The van der Waals surface area contributed by atoms with E-state index in [0.29, 0.717) is 24.9 Å². The Balaban J connectivity index is 2.19. The van der Waals surface area contributed by atoms with Crippen molar-refractivity contribution < 1.29 is 9.15 Å². The van der Waals surface area contributed by atoms with Crippen molar-refractivity contribution in [2.24, 2.45) is 0 Å². The minimum atomic E-state index is 0.278. The normalized spacial score (nSPS) is 10.2. The first-order valence-corrected chi connectivity index (χ1v) is 6.46. The molecule has 0 saturated carbocycles. The molecule has 1 N–H and O–H groups in total. The van der Waals surface area contributed by atoms with Crippen molar-refractivity contribution in [3.05, 3.63) is 35.5 Å². The highest BCUT2D eigenvalue weighted by Gasteiger charge is 2.15. The van der Waals surface area contributed by atoms with E-state index in [-0.39, 0.29) is 5.69 Å². The smallest absolute Gasteiger partial charge is 0.232 e. The molecule has 2 rings (SSSR count). The highest BCUT2D eigenvalue weighted by atomic mass is 16.5. The molecular weight excluding hydrogens is 254 g/mol. The summed E-state index contributed by atoms with van der Waals surface area (Å²) in [6.45, 7) is 3.32. The zero-order valence-electron chi connectivity index (χ0n) is 11.6. The SMILES string of the molecule is COCCCNc1oc(-c2ccccc2C)nc1C#N. The van der Waals surface area contributed by atoms with Crippen molar-refractivity contribution in [1.29, 1.82) is 5.26 Å². The molecule has 0 aliphatic carbocycles. The van der Waals surface area contributed by atoms with Crippen molar-refractivity contribution in [3.8, 4) is 17.5 Å². The van der Waals surface area contributed by atoms with E-state index >= 15 is 0 Å². The molecule has 0 saturated heterocycles. The van der Waals surface area contributed by atoms with Gasteiger partial charge in [-0.3, -0.25) is 0 Å². The average molecular weight is 271 g/mol. The van der Waals surface area contributed by atoms with Crippen LogP contribution in [0, 0.1) is 18.3 Å². The standard InChI is InChI=1S/C15H17N3O2/c1-11-6-3-4-7-12(11)14-18-13(10-16)15(20-14)17-8-5-9-19-2/h3-4,6-7,17H,5,8-9H2,1-2H3. The van der Waals surface area contributed by atoms with Gasteiger partial charge in [0.05, 0.1) is 0 Å². The summed E-state index contributed by atoms with van der Waals surface area (Å²) >= 11 is 0. The van der Waals surface area contributed by atoms with Gasteiger partial charge in [-0.2, -0.15) is 10.2 Å². The molecule has 0 aliphatic heterocycles. The van der Waals surface area contributed by atoms with E-state index in [2.05, 4.69) is 10.3 Å². The summed E-state index contributed by atoms with van der Waals surface area (Å²) in [6.07, 6.45) is 0.835. The molecule has 5 nitrogen and oxygen atoms in total. The highest BCUT2D eigenvalue weighted by Crippen LogP contribution is 2.27. The molecule has 0 bridgehead atoms. The van der Waals surface area contributed by atoms with E-state index in [1.807, 2.05) is 37.3 Å². The first-order chi connectivity index (χ1) is 9.76. The second-order valence-corrected chi connectivity index (χ2v) is 4.40. The van der Waals surface area contributed by atoms with E-state index < -0.39 is 0 Å². The predicted molar refractivity (Wildman–Crippen MR) is 76.4 cm³/mol. The molecular formula is C15H17N3O2. The number of nitrogens with zero attached hydrogens (tertiary/aromatic N) is 2. The number of ether oxygens (including phenoxy) is 1. The fraction of sp³-hybridized carbons (Fsp3) is 0.333. The lowest BCUT2D eigenvalue weighted by molar-refractivity contribution is 0.197. The first kappa shape index (κ1) is 14.1. The van der Waals surface area contributed by atoms with Gasteiger partial charge in [-0.05, 0) is 25.0 Å². The molecule has 0 unspecified atom stereocenters.